The number of nitrogens with one attached hydrogen (secondary N) is 1. The van der Waals surface area contributed by atoms with Crippen LogP contribution in [0.5, 0.6) is 5.75 Å². The van der Waals surface area contributed by atoms with E-state index in [1.807, 2.05) is 12.1 Å². The summed E-state index contributed by atoms with van der Waals surface area (Å²) in [7, 11) is 0. The summed E-state index contributed by atoms with van der Waals surface area (Å²) in [5.74, 6) is 0.131. The maximum atomic E-state index is 9.84. The lowest BCUT2D eigenvalue weighted by Gasteiger charge is -2.10. The van der Waals surface area contributed by atoms with Gasteiger partial charge in [0.15, 0.2) is 0 Å². The number of phenols is 1. The zero-order chi connectivity index (χ0) is 14.7. The average Bonchev–Trinajstić information content (AvgIpc) is 2.40. The molecule has 0 aliphatic carbocycles. The SMILES string of the molecule is Oc1cc(Br)ccc1C(=S)NCc1ccc(Cl)c(Cl)c1. The van der Waals surface area contributed by atoms with E-state index in [-0.39, 0.29) is 5.75 Å². The highest BCUT2D eigenvalue weighted by Crippen LogP contribution is 2.24. The van der Waals surface area contributed by atoms with Gasteiger partial charge in [0.1, 0.15) is 10.7 Å². The number of hydrogen-bond acceptors (Lipinski definition) is 2. The van der Waals surface area contributed by atoms with Gasteiger partial charge in [0.05, 0.1) is 15.6 Å². The van der Waals surface area contributed by atoms with Crippen molar-refractivity contribution in [2.45, 2.75) is 6.54 Å². The minimum Gasteiger partial charge on any atom is -0.507 e. The van der Waals surface area contributed by atoms with Crippen molar-refractivity contribution in [3.05, 3.63) is 62.0 Å². The van der Waals surface area contributed by atoms with Crippen molar-refractivity contribution in [3.8, 4) is 5.75 Å². The summed E-state index contributed by atoms with van der Waals surface area (Å²) < 4.78 is 0.797. The van der Waals surface area contributed by atoms with Crippen LogP contribution in [0.3, 0.4) is 0 Å². The molecule has 0 heterocycles. The maximum Gasteiger partial charge on any atom is 0.126 e. The first kappa shape index (κ1) is 15.6. The molecule has 2 N–H and O–H groups in total. The number of phenolic OH excluding ortho intramolecular Hbond substituents is 1. The lowest BCUT2D eigenvalue weighted by molar-refractivity contribution is 0.473. The molecule has 0 atom stereocenters. The number of hydrogen-bond donors (Lipinski definition) is 2. The highest BCUT2D eigenvalue weighted by molar-refractivity contribution is 9.10. The molecule has 0 unspecified atom stereocenters. The molecule has 6 heteroatoms. The Morgan fingerprint density at radius 3 is 2.55 bits per heavy atom. The van der Waals surface area contributed by atoms with Crippen molar-refractivity contribution in [3.63, 3.8) is 0 Å². The van der Waals surface area contributed by atoms with Crippen LogP contribution in [-0.2, 0) is 6.54 Å². The van der Waals surface area contributed by atoms with Gasteiger partial charge in [-0.05, 0) is 35.9 Å². The molecule has 0 bridgehead atoms. The summed E-state index contributed by atoms with van der Waals surface area (Å²) in [4.78, 5) is 0.473. The number of aromatic hydroxyl groups is 1. The second-order valence-electron chi connectivity index (χ2n) is 4.09. The van der Waals surface area contributed by atoms with Gasteiger partial charge < -0.3 is 10.4 Å². The third-order valence-electron chi connectivity index (χ3n) is 2.64. The molecular formula is C14H10BrCl2NOS. The van der Waals surface area contributed by atoms with E-state index in [2.05, 4.69) is 21.2 Å². The fourth-order valence-electron chi connectivity index (χ4n) is 1.62. The van der Waals surface area contributed by atoms with Crippen molar-refractivity contribution >= 4 is 56.3 Å². The molecular weight excluding hydrogens is 381 g/mol. The van der Waals surface area contributed by atoms with Crippen molar-refractivity contribution in [2.75, 3.05) is 0 Å². The minimum atomic E-state index is 0.131. The Morgan fingerprint density at radius 1 is 1.15 bits per heavy atom. The zero-order valence-electron chi connectivity index (χ0n) is 10.2. The molecule has 0 saturated carbocycles. The highest BCUT2D eigenvalue weighted by atomic mass is 79.9. The summed E-state index contributed by atoms with van der Waals surface area (Å²) >= 11 is 20.4. The van der Waals surface area contributed by atoms with Crippen LogP contribution >= 0.6 is 51.3 Å². The summed E-state index contributed by atoms with van der Waals surface area (Å²) in [6.07, 6.45) is 0. The Bertz CT molecular complexity index is 664. The van der Waals surface area contributed by atoms with E-state index in [4.69, 9.17) is 35.4 Å². The predicted molar refractivity (Wildman–Crippen MR) is 90.8 cm³/mol. The van der Waals surface area contributed by atoms with Crippen LogP contribution in [0.1, 0.15) is 11.1 Å². The molecule has 2 rings (SSSR count). The molecule has 0 aliphatic rings. The van der Waals surface area contributed by atoms with Crippen LogP contribution in [0, 0.1) is 0 Å². The van der Waals surface area contributed by atoms with E-state index in [0.717, 1.165) is 10.0 Å². The maximum absolute atomic E-state index is 9.84. The van der Waals surface area contributed by atoms with Crippen molar-refractivity contribution < 1.29 is 5.11 Å². The fraction of sp³-hybridized carbons (Fsp3) is 0.0714. The van der Waals surface area contributed by atoms with Crippen molar-refractivity contribution in [1.82, 2.24) is 5.32 Å². The Hall–Kier alpha value is -0.810. The van der Waals surface area contributed by atoms with Crippen LogP contribution in [0.2, 0.25) is 10.0 Å². The first-order valence-corrected chi connectivity index (χ1v) is 7.64. The Balaban J connectivity index is 2.06. The molecule has 20 heavy (non-hydrogen) atoms. The lowest BCUT2D eigenvalue weighted by atomic mass is 10.2. The molecule has 0 aromatic heterocycles. The normalized spacial score (nSPS) is 10.3. The molecule has 2 aromatic rings. The predicted octanol–water partition coefficient (Wildman–Crippen LogP) is 4.93. The molecule has 0 radical (unpaired) electrons. The van der Waals surface area contributed by atoms with Gasteiger partial charge in [-0.3, -0.25) is 0 Å². The van der Waals surface area contributed by atoms with E-state index in [9.17, 15) is 5.11 Å². The van der Waals surface area contributed by atoms with Crippen molar-refractivity contribution in [1.29, 1.82) is 0 Å². The number of rotatable bonds is 3. The van der Waals surface area contributed by atoms with Crippen LogP contribution in [0.15, 0.2) is 40.9 Å². The third-order valence-corrected chi connectivity index (χ3v) is 4.24. The van der Waals surface area contributed by atoms with Crippen LogP contribution in [-0.4, -0.2) is 10.1 Å². The summed E-state index contributed by atoms with van der Waals surface area (Å²) in [6, 6.07) is 10.6. The van der Waals surface area contributed by atoms with E-state index < -0.39 is 0 Å². The van der Waals surface area contributed by atoms with Gasteiger partial charge in [0.2, 0.25) is 0 Å². The molecule has 0 saturated heterocycles. The van der Waals surface area contributed by atoms with Gasteiger partial charge in [-0.2, -0.15) is 0 Å². The summed E-state index contributed by atoms with van der Waals surface area (Å²) in [5, 5.41) is 13.9. The van der Waals surface area contributed by atoms with Gasteiger partial charge in [-0.25, -0.2) is 0 Å². The minimum absolute atomic E-state index is 0.131. The molecule has 0 spiro atoms. The molecule has 0 aliphatic heterocycles. The topological polar surface area (TPSA) is 32.3 Å². The lowest BCUT2D eigenvalue weighted by Crippen LogP contribution is -2.21. The van der Waals surface area contributed by atoms with E-state index >= 15 is 0 Å². The van der Waals surface area contributed by atoms with E-state index in [0.29, 0.717) is 27.1 Å². The van der Waals surface area contributed by atoms with Gasteiger partial charge in [0.25, 0.3) is 0 Å². The number of thiocarbonyl (C=S) groups is 1. The zero-order valence-corrected chi connectivity index (χ0v) is 14.1. The van der Waals surface area contributed by atoms with Gasteiger partial charge in [0, 0.05) is 11.0 Å². The largest absolute Gasteiger partial charge is 0.507 e. The van der Waals surface area contributed by atoms with Crippen molar-refractivity contribution in [2.24, 2.45) is 0 Å². The highest BCUT2D eigenvalue weighted by Gasteiger charge is 2.08. The summed E-state index contributed by atoms with van der Waals surface area (Å²) in [5.41, 5.74) is 1.54. The smallest absolute Gasteiger partial charge is 0.126 e. The average molecular weight is 391 g/mol. The fourth-order valence-corrected chi connectivity index (χ4v) is 2.54. The van der Waals surface area contributed by atoms with Crippen LogP contribution in [0.4, 0.5) is 0 Å². The summed E-state index contributed by atoms with van der Waals surface area (Å²) in [6.45, 7) is 0.505. The van der Waals surface area contributed by atoms with Crippen LogP contribution in [0.25, 0.3) is 0 Å². The number of benzene rings is 2. The first-order valence-electron chi connectivity index (χ1n) is 5.68. The Kier molecular flexibility index (Phi) is 5.27. The quantitative estimate of drug-likeness (QED) is 0.729. The van der Waals surface area contributed by atoms with Gasteiger partial charge in [-0.1, -0.05) is 57.4 Å². The van der Waals surface area contributed by atoms with Crippen LogP contribution < -0.4 is 5.32 Å². The number of halogens is 3. The molecule has 104 valence electrons. The Labute approximate surface area is 140 Å². The second-order valence-corrected chi connectivity index (χ2v) is 6.23. The van der Waals surface area contributed by atoms with E-state index in [1.54, 1.807) is 24.3 Å². The first-order chi connectivity index (χ1) is 9.47. The third kappa shape index (κ3) is 3.85. The standard InChI is InChI=1S/C14H10BrCl2NOS/c15-9-2-3-10(13(19)6-9)14(20)18-7-8-1-4-11(16)12(17)5-8/h1-6,19H,7H2,(H,18,20). The second kappa shape index (κ2) is 6.76. The molecule has 0 amide bonds. The molecule has 2 aromatic carbocycles. The Morgan fingerprint density at radius 2 is 1.90 bits per heavy atom. The van der Waals surface area contributed by atoms with Gasteiger partial charge >= 0.3 is 0 Å². The monoisotopic (exact) mass is 389 g/mol. The molecule has 0 fully saturated rings. The van der Waals surface area contributed by atoms with Gasteiger partial charge in [-0.15, -0.1) is 0 Å². The molecule has 2 nitrogen and oxygen atoms in total. The van der Waals surface area contributed by atoms with E-state index in [1.165, 1.54) is 0 Å².